The maximum atomic E-state index is 13.9. The van der Waals surface area contributed by atoms with Crippen LogP contribution in [0.3, 0.4) is 0 Å². The average molecular weight is 285 g/mol. The Balaban J connectivity index is 1.92. The molecule has 2 aromatic rings. The van der Waals surface area contributed by atoms with Crippen molar-refractivity contribution in [2.24, 2.45) is 0 Å². The first-order chi connectivity index (χ1) is 10.1. The number of hydrogen-bond acceptors (Lipinski definition) is 3. The first-order valence-electron chi connectivity index (χ1n) is 6.83. The Morgan fingerprint density at radius 2 is 1.90 bits per heavy atom. The number of benzene rings is 2. The molecular formula is C17H16FNO2. The fraction of sp³-hybridized carbons (Fsp3) is 0.235. The van der Waals surface area contributed by atoms with E-state index in [-0.39, 0.29) is 11.6 Å². The van der Waals surface area contributed by atoms with Crippen molar-refractivity contribution in [2.45, 2.75) is 0 Å². The van der Waals surface area contributed by atoms with Crippen LogP contribution in [0.15, 0.2) is 36.4 Å². The summed E-state index contributed by atoms with van der Waals surface area (Å²) < 4.78 is 19.6. The van der Waals surface area contributed by atoms with Crippen molar-refractivity contribution in [1.29, 1.82) is 0 Å². The van der Waals surface area contributed by atoms with E-state index in [0.29, 0.717) is 34.6 Å². The normalized spacial score (nSPS) is 12.5. The largest absolute Gasteiger partial charge is 0.492 e. The predicted octanol–water partition coefficient (Wildman–Crippen LogP) is 2.98. The van der Waals surface area contributed by atoms with Crippen molar-refractivity contribution in [3.05, 3.63) is 53.3 Å². The lowest BCUT2D eigenvalue weighted by molar-refractivity contribution is 0.104. The number of carbonyl (C=O) groups is 1. The van der Waals surface area contributed by atoms with E-state index in [1.54, 1.807) is 30.3 Å². The Kier molecular flexibility index (Phi) is 3.47. The van der Waals surface area contributed by atoms with Crippen molar-refractivity contribution in [2.75, 3.05) is 27.2 Å². The van der Waals surface area contributed by atoms with E-state index in [0.717, 1.165) is 6.54 Å². The van der Waals surface area contributed by atoms with Gasteiger partial charge in [-0.2, -0.15) is 0 Å². The minimum Gasteiger partial charge on any atom is -0.492 e. The van der Waals surface area contributed by atoms with Crippen LogP contribution in [-0.2, 0) is 0 Å². The number of likely N-dealkylation sites (N-methyl/N-ethyl adjacent to an activating group) is 1. The molecule has 0 aromatic heterocycles. The molecule has 0 aliphatic heterocycles. The van der Waals surface area contributed by atoms with Gasteiger partial charge in [0, 0.05) is 23.2 Å². The molecule has 3 rings (SSSR count). The molecule has 0 bridgehead atoms. The van der Waals surface area contributed by atoms with Crippen LogP contribution in [0, 0.1) is 5.82 Å². The summed E-state index contributed by atoms with van der Waals surface area (Å²) in [6.07, 6.45) is 0. The Bertz CT molecular complexity index is 710. The zero-order valence-corrected chi connectivity index (χ0v) is 12.0. The van der Waals surface area contributed by atoms with E-state index in [2.05, 4.69) is 0 Å². The maximum absolute atomic E-state index is 13.9. The molecule has 0 saturated heterocycles. The molecule has 0 fully saturated rings. The molecule has 1 aliphatic rings. The molecule has 0 amide bonds. The fourth-order valence-corrected chi connectivity index (χ4v) is 2.50. The van der Waals surface area contributed by atoms with Gasteiger partial charge >= 0.3 is 0 Å². The quantitative estimate of drug-likeness (QED) is 0.738. The van der Waals surface area contributed by atoms with Gasteiger partial charge in [0.05, 0.1) is 0 Å². The minimum atomic E-state index is -0.360. The molecule has 0 radical (unpaired) electrons. The molecule has 21 heavy (non-hydrogen) atoms. The van der Waals surface area contributed by atoms with Crippen LogP contribution >= 0.6 is 0 Å². The third kappa shape index (κ3) is 2.43. The SMILES string of the molecule is CN(C)CCOc1ccc2c(c1)C(=O)c1cccc(F)c1-2. The van der Waals surface area contributed by atoms with Crippen molar-refractivity contribution < 1.29 is 13.9 Å². The summed E-state index contributed by atoms with van der Waals surface area (Å²) in [6, 6.07) is 9.84. The van der Waals surface area contributed by atoms with Gasteiger partial charge in [0.25, 0.3) is 0 Å². The number of halogens is 1. The van der Waals surface area contributed by atoms with E-state index >= 15 is 0 Å². The Labute approximate surface area is 123 Å². The summed E-state index contributed by atoms with van der Waals surface area (Å²) >= 11 is 0. The zero-order chi connectivity index (χ0) is 15.0. The average Bonchev–Trinajstić information content (AvgIpc) is 2.73. The molecule has 2 aromatic carbocycles. The molecule has 4 heteroatoms. The monoisotopic (exact) mass is 285 g/mol. The van der Waals surface area contributed by atoms with E-state index < -0.39 is 0 Å². The second-order valence-corrected chi connectivity index (χ2v) is 5.35. The Hall–Kier alpha value is -2.20. The van der Waals surface area contributed by atoms with Gasteiger partial charge in [-0.3, -0.25) is 4.79 Å². The number of nitrogens with zero attached hydrogens (tertiary/aromatic N) is 1. The molecule has 1 aliphatic carbocycles. The van der Waals surface area contributed by atoms with Crippen LogP contribution in [0.5, 0.6) is 5.75 Å². The number of ether oxygens (including phenoxy) is 1. The molecule has 0 spiro atoms. The Morgan fingerprint density at radius 3 is 2.67 bits per heavy atom. The lowest BCUT2D eigenvalue weighted by atomic mass is 10.1. The van der Waals surface area contributed by atoms with Crippen LogP contribution in [0.1, 0.15) is 15.9 Å². The summed E-state index contributed by atoms with van der Waals surface area (Å²) in [6.45, 7) is 1.33. The summed E-state index contributed by atoms with van der Waals surface area (Å²) in [4.78, 5) is 14.4. The van der Waals surface area contributed by atoms with Gasteiger partial charge < -0.3 is 9.64 Å². The smallest absolute Gasteiger partial charge is 0.194 e. The number of rotatable bonds is 4. The van der Waals surface area contributed by atoms with Gasteiger partial charge in [0.15, 0.2) is 5.78 Å². The molecule has 0 N–H and O–H groups in total. The zero-order valence-electron chi connectivity index (χ0n) is 12.0. The lowest BCUT2D eigenvalue weighted by Crippen LogP contribution is -2.19. The standard InChI is InChI=1S/C17H16FNO2/c1-19(2)8-9-21-11-6-7-12-14(10-11)17(20)13-4-3-5-15(18)16(12)13/h3-7,10H,8-9H2,1-2H3. The van der Waals surface area contributed by atoms with Crippen molar-refractivity contribution in [1.82, 2.24) is 4.90 Å². The summed E-state index contributed by atoms with van der Waals surface area (Å²) in [7, 11) is 3.93. The highest BCUT2D eigenvalue weighted by Gasteiger charge is 2.29. The number of hydrogen-bond donors (Lipinski definition) is 0. The predicted molar refractivity (Wildman–Crippen MR) is 79.3 cm³/mol. The molecule has 0 unspecified atom stereocenters. The fourth-order valence-electron chi connectivity index (χ4n) is 2.50. The maximum Gasteiger partial charge on any atom is 0.194 e. The van der Waals surface area contributed by atoms with Crippen molar-refractivity contribution >= 4 is 5.78 Å². The molecular weight excluding hydrogens is 269 g/mol. The van der Waals surface area contributed by atoms with Crippen LogP contribution in [0.2, 0.25) is 0 Å². The number of carbonyl (C=O) groups excluding carboxylic acids is 1. The minimum absolute atomic E-state index is 0.141. The van der Waals surface area contributed by atoms with Gasteiger partial charge in [-0.1, -0.05) is 12.1 Å². The van der Waals surface area contributed by atoms with Crippen molar-refractivity contribution in [3.8, 4) is 16.9 Å². The first kappa shape index (κ1) is 13.8. The molecule has 0 heterocycles. The molecule has 0 atom stereocenters. The third-order valence-electron chi connectivity index (χ3n) is 3.57. The molecule has 0 saturated carbocycles. The summed E-state index contributed by atoms with van der Waals surface area (Å²) in [5, 5.41) is 0. The highest BCUT2D eigenvalue weighted by atomic mass is 19.1. The molecule has 108 valence electrons. The van der Waals surface area contributed by atoms with E-state index in [4.69, 9.17) is 4.74 Å². The highest BCUT2D eigenvalue weighted by Crippen LogP contribution is 2.39. The van der Waals surface area contributed by atoms with E-state index in [1.165, 1.54) is 6.07 Å². The van der Waals surface area contributed by atoms with Gasteiger partial charge in [0.2, 0.25) is 0 Å². The van der Waals surface area contributed by atoms with Gasteiger partial charge in [0.1, 0.15) is 18.2 Å². The summed E-state index contributed by atoms with van der Waals surface area (Å²) in [5.41, 5.74) is 1.98. The molecule has 3 nitrogen and oxygen atoms in total. The van der Waals surface area contributed by atoms with Crippen molar-refractivity contribution in [3.63, 3.8) is 0 Å². The topological polar surface area (TPSA) is 29.5 Å². The first-order valence-corrected chi connectivity index (χ1v) is 6.83. The van der Waals surface area contributed by atoms with Gasteiger partial charge in [-0.25, -0.2) is 4.39 Å². The van der Waals surface area contributed by atoms with Crippen LogP contribution in [0.25, 0.3) is 11.1 Å². The second kappa shape index (κ2) is 5.30. The third-order valence-corrected chi connectivity index (χ3v) is 3.57. The van der Waals surface area contributed by atoms with E-state index in [9.17, 15) is 9.18 Å². The van der Waals surface area contributed by atoms with Crippen LogP contribution < -0.4 is 4.74 Å². The van der Waals surface area contributed by atoms with Gasteiger partial charge in [-0.05, 0) is 43.9 Å². The van der Waals surface area contributed by atoms with Crippen LogP contribution in [0.4, 0.5) is 4.39 Å². The number of ketones is 1. The lowest BCUT2D eigenvalue weighted by Gasteiger charge is -2.11. The van der Waals surface area contributed by atoms with Crippen LogP contribution in [-0.4, -0.2) is 37.9 Å². The van der Waals surface area contributed by atoms with E-state index in [1.807, 2.05) is 19.0 Å². The number of fused-ring (bicyclic) bond motifs is 3. The second-order valence-electron chi connectivity index (χ2n) is 5.35. The summed E-state index contributed by atoms with van der Waals surface area (Å²) in [5.74, 6) is 0.135. The highest BCUT2D eigenvalue weighted by molar-refractivity contribution is 6.21. The van der Waals surface area contributed by atoms with Gasteiger partial charge in [-0.15, -0.1) is 0 Å². The Morgan fingerprint density at radius 1 is 1.10 bits per heavy atom.